The molecular formula is C28H24N4O3S. The molecule has 0 spiro atoms. The first-order valence-electron chi connectivity index (χ1n) is 11.6. The Morgan fingerprint density at radius 1 is 0.944 bits per heavy atom. The molecule has 3 aromatic carbocycles. The number of hydrogen-bond acceptors (Lipinski definition) is 6. The van der Waals surface area contributed by atoms with Crippen LogP contribution in [-0.4, -0.2) is 33.6 Å². The van der Waals surface area contributed by atoms with Crippen molar-refractivity contribution in [1.82, 2.24) is 5.01 Å². The van der Waals surface area contributed by atoms with Gasteiger partial charge < -0.3 is 9.47 Å². The molecule has 0 bridgehead atoms. The Morgan fingerprint density at radius 3 is 2.39 bits per heavy atom. The van der Waals surface area contributed by atoms with Gasteiger partial charge in [0.25, 0.3) is 5.91 Å². The number of nitrogens with one attached hydrogen (secondary N) is 1. The summed E-state index contributed by atoms with van der Waals surface area (Å²) in [5.74, 6) is 0.723. The van der Waals surface area contributed by atoms with E-state index in [1.165, 1.54) is 16.8 Å². The zero-order valence-electron chi connectivity index (χ0n) is 19.7. The van der Waals surface area contributed by atoms with Gasteiger partial charge in [-0.15, -0.1) is 0 Å². The summed E-state index contributed by atoms with van der Waals surface area (Å²) in [6.07, 6.45) is 2.26. The number of carbonyl (C=O) groups is 1. The van der Waals surface area contributed by atoms with Gasteiger partial charge in [-0.1, -0.05) is 66.7 Å². The van der Waals surface area contributed by atoms with Crippen LogP contribution in [0.15, 0.2) is 94.5 Å². The zero-order chi connectivity index (χ0) is 24.9. The van der Waals surface area contributed by atoms with Crippen LogP contribution in [0.2, 0.25) is 0 Å². The Balaban J connectivity index is 1.36. The van der Waals surface area contributed by atoms with Gasteiger partial charge in [-0.25, -0.2) is 0 Å². The van der Waals surface area contributed by atoms with Crippen LogP contribution in [0.5, 0.6) is 11.5 Å². The number of amidine groups is 2. The minimum Gasteiger partial charge on any atom is -0.490 e. The highest BCUT2D eigenvalue weighted by molar-refractivity contribution is 8.26. The first-order valence-corrected chi connectivity index (χ1v) is 12.4. The van der Waals surface area contributed by atoms with E-state index in [0.717, 1.165) is 16.2 Å². The number of fused-ring (bicyclic) bond motifs is 1. The Labute approximate surface area is 213 Å². The number of hydrogen-bond donors (Lipinski definition) is 1. The molecule has 0 saturated heterocycles. The maximum absolute atomic E-state index is 12.8. The molecule has 5 rings (SSSR count). The van der Waals surface area contributed by atoms with E-state index in [9.17, 15) is 4.79 Å². The SMILES string of the molecule is CCOc1cc(C=C2C(=N)N3N=C(Cc4ccccc4)SC3=NC2=O)ccc1OCc1ccccc1. The summed E-state index contributed by atoms with van der Waals surface area (Å²) in [5, 5.41) is 15.8. The van der Waals surface area contributed by atoms with Gasteiger partial charge in [-0.2, -0.15) is 15.1 Å². The maximum atomic E-state index is 12.8. The Hall–Kier alpha value is -4.17. The highest BCUT2D eigenvalue weighted by Gasteiger charge is 2.35. The lowest BCUT2D eigenvalue weighted by Crippen LogP contribution is -2.35. The molecule has 0 unspecified atom stereocenters. The summed E-state index contributed by atoms with van der Waals surface area (Å²) in [7, 11) is 0. The lowest BCUT2D eigenvalue weighted by atomic mass is 10.1. The topological polar surface area (TPSA) is 87.3 Å². The van der Waals surface area contributed by atoms with Gasteiger partial charge in [0.05, 0.1) is 12.2 Å². The van der Waals surface area contributed by atoms with Crippen LogP contribution >= 0.6 is 11.8 Å². The minimum absolute atomic E-state index is 0.00271. The van der Waals surface area contributed by atoms with Crippen molar-refractivity contribution in [3.63, 3.8) is 0 Å². The summed E-state index contributed by atoms with van der Waals surface area (Å²) >= 11 is 1.32. The number of carbonyl (C=O) groups excluding carboxylic acids is 1. The lowest BCUT2D eigenvalue weighted by Gasteiger charge is -2.20. The van der Waals surface area contributed by atoms with Crippen molar-refractivity contribution in [2.45, 2.75) is 20.0 Å². The van der Waals surface area contributed by atoms with E-state index in [1.54, 1.807) is 12.1 Å². The number of ether oxygens (including phenoxy) is 2. The summed E-state index contributed by atoms with van der Waals surface area (Å²) < 4.78 is 11.8. The van der Waals surface area contributed by atoms with Crippen LogP contribution in [0.3, 0.4) is 0 Å². The summed E-state index contributed by atoms with van der Waals surface area (Å²) in [5.41, 5.74) is 3.04. The van der Waals surface area contributed by atoms with Gasteiger partial charge in [0.2, 0.25) is 5.17 Å². The van der Waals surface area contributed by atoms with Crippen LogP contribution in [0.25, 0.3) is 6.08 Å². The predicted octanol–water partition coefficient (Wildman–Crippen LogP) is 5.53. The highest BCUT2D eigenvalue weighted by atomic mass is 32.2. The summed E-state index contributed by atoms with van der Waals surface area (Å²) in [4.78, 5) is 17.0. The van der Waals surface area contributed by atoms with Gasteiger partial charge in [-0.3, -0.25) is 10.2 Å². The fourth-order valence-electron chi connectivity index (χ4n) is 3.78. The van der Waals surface area contributed by atoms with Crippen molar-refractivity contribution in [2.24, 2.45) is 10.1 Å². The van der Waals surface area contributed by atoms with Crippen LogP contribution in [0.1, 0.15) is 23.6 Å². The largest absolute Gasteiger partial charge is 0.490 e. The van der Waals surface area contributed by atoms with Crippen molar-refractivity contribution in [3.8, 4) is 11.5 Å². The average molecular weight is 497 g/mol. The molecule has 0 aromatic heterocycles. The number of hydrazone groups is 1. The second-order valence-corrected chi connectivity index (χ2v) is 9.13. The molecule has 7 nitrogen and oxygen atoms in total. The van der Waals surface area contributed by atoms with Crippen LogP contribution < -0.4 is 9.47 Å². The van der Waals surface area contributed by atoms with Gasteiger partial charge in [-0.05, 0) is 53.6 Å². The second-order valence-electron chi connectivity index (χ2n) is 8.09. The number of aliphatic imine (C=N–C) groups is 1. The molecule has 0 saturated carbocycles. The van der Waals surface area contributed by atoms with Crippen LogP contribution in [0, 0.1) is 5.41 Å². The van der Waals surface area contributed by atoms with Crippen molar-refractivity contribution in [2.75, 3.05) is 6.61 Å². The molecule has 2 heterocycles. The number of amides is 1. The van der Waals surface area contributed by atoms with E-state index in [0.29, 0.717) is 41.9 Å². The first kappa shape index (κ1) is 23.6. The first-order chi connectivity index (χ1) is 17.6. The third kappa shape index (κ3) is 5.23. The molecule has 2 aliphatic heterocycles. The van der Waals surface area contributed by atoms with E-state index in [4.69, 9.17) is 14.9 Å². The van der Waals surface area contributed by atoms with Gasteiger partial charge in [0, 0.05) is 6.42 Å². The Kier molecular flexibility index (Phi) is 6.95. The fraction of sp³-hybridized carbons (Fsp3) is 0.143. The molecule has 180 valence electrons. The number of thioether (sulfide) groups is 1. The van der Waals surface area contributed by atoms with E-state index in [1.807, 2.05) is 79.7 Å². The molecular weight excluding hydrogens is 472 g/mol. The van der Waals surface area contributed by atoms with Crippen molar-refractivity contribution < 1.29 is 14.3 Å². The third-order valence-electron chi connectivity index (χ3n) is 5.51. The monoisotopic (exact) mass is 496 g/mol. The minimum atomic E-state index is -0.461. The van der Waals surface area contributed by atoms with E-state index in [-0.39, 0.29) is 11.4 Å². The van der Waals surface area contributed by atoms with Crippen molar-refractivity contribution in [1.29, 1.82) is 5.41 Å². The van der Waals surface area contributed by atoms with Crippen molar-refractivity contribution in [3.05, 3.63) is 101 Å². The number of benzene rings is 3. The quantitative estimate of drug-likeness (QED) is 0.415. The molecule has 0 radical (unpaired) electrons. The Morgan fingerprint density at radius 2 is 1.67 bits per heavy atom. The molecule has 0 fully saturated rings. The van der Waals surface area contributed by atoms with Gasteiger partial charge in [0.1, 0.15) is 11.7 Å². The summed E-state index contributed by atoms with van der Waals surface area (Å²) in [6, 6.07) is 25.3. The zero-order valence-corrected chi connectivity index (χ0v) is 20.5. The average Bonchev–Trinajstić information content (AvgIpc) is 3.29. The molecule has 1 N–H and O–H groups in total. The second kappa shape index (κ2) is 10.6. The predicted molar refractivity (Wildman–Crippen MR) is 144 cm³/mol. The van der Waals surface area contributed by atoms with Crippen LogP contribution in [0.4, 0.5) is 0 Å². The molecule has 0 aliphatic carbocycles. The molecule has 36 heavy (non-hydrogen) atoms. The molecule has 3 aromatic rings. The molecule has 0 atom stereocenters. The maximum Gasteiger partial charge on any atom is 0.283 e. The molecule has 8 heteroatoms. The van der Waals surface area contributed by atoms with Gasteiger partial charge >= 0.3 is 0 Å². The van der Waals surface area contributed by atoms with E-state index >= 15 is 0 Å². The van der Waals surface area contributed by atoms with Crippen LogP contribution in [-0.2, 0) is 17.8 Å². The van der Waals surface area contributed by atoms with Gasteiger partial charge in [0.15, 0.2) is 17.3 Å². The van der Waals surface area contributed by atoms with E-state index in [2.05, 4.69) is 10.1 Å². The third-order valence-corrected chi connectivity index (χ3v) is 6.42. The molecule has 1 amide bonds. The standard InChI is InChI=1S/C28H24N4O3S/c1-2-34-24-16-21(13-14-23(24)35-18-20-11-7-4-8-12-20)15-22-26(29)32-28(30-27(22)33)36-25(31-32)17-19-9-5-3-6-10-19/h3-16,29H,2,17-18H2,1H3. The number of nitrogens with zero attached hydrogens (tertiary/aromatic N) is 3. The Bertz CT molecular complexity index is 1380. The summed E-state index contributed by atoms with van der Waals surface area (Å²) in [6.45, 7) is 2.78. The normalized spacial score (nSPS) is 16.0. The number of rotatable bonds is 8. The molecule has 2 aliphatic rings. The fourth-order valence-corrected chi connectivity index (χ4v) is 4.70. The highest BCUT2D eigenvalue weighted by Crippen LogP contribution is 2.32. The van der Waals surface area contributed by atoms with E-state index < -0.39 is 5.91 Å². The van der Waals surface area contributed by atoms with Crippen molar-refractivity contribution >= 4 is 39.8 Å². The smallest absolute Gasteiger partial charge is 0.283 e. The lowest BCUT2D eigenvalue weighted by molar-refractivity contribution is -0.114.